The number of carboxylic acids is 1. The van der Waals surface area contributed by atoms with Crippen LogP contribution in [0.1, 0.15) is 44.1 Å². The van der Waals surface area contributed by atoms with Crippen LogP contribution in [0.2, 0.25) is 5.02 Å². The van der Waals surface area contributed by atoms with E-state index in [1.54, 1.807) is 12.1 Å². The molecule has 0 saturated heterocycles. The Labute approximate surface area is 146 Å². The Kier molecular flexibility index (Phi) is 3.83. The van der Waals surface area contributed by atoms with E-state index in [-0.39, 0.29) is 11.2 Å². The molecule has 4 fully saturated rings. The predicted octanol–water partition coefficient (Wildman–Crippen LogP) is 4.13. The fourth-order valence-electron chi connectivity index (χ4n) is 5.78. The lowest BCUT2D eigenvalue weighted by molar-refractivity contribution is -0.148. The van der Waals surface area contributed by atoms with Crippen LogP contribution in [0.4, 0.5) is 0 Å². The van der Waals surface area contributed by atoms with E-state index in [2.05, 4.69) is 4.99 Å². The molecule has 0 radical (unpaired) electrons. The van der Waals surface area contributed by atoms with Gasteiger partial charge in [-0.15, -0.1) is 0 Å². The van der Waals surface area contributed by atoms with Gasteiger partial charge < -0.3 is 10.2 Å². The number of aromatic hydroxyl groups is 1. The molecule has 2 N–H and O–H groups in total. The first kappa shape index (κ1) is 15.9. The topological polar surface area (TPSA) is 69.9 Å². The van der Waals surface area contributed by atoms with Crippen molar-refractivity contribution in [1.29, 1.82) is 0 Å². The van der Waals surface area contributed by atoms with Crippen molar-refractivity contribution >= 4 is 23.8 Å². The molecule has 24 heavy (non-hydrogen) atoms. The minimum atomic E-state index is -0.852. The molecule has 128 valence electrons. The molecule has 0 spiro atoms. The van der Waals surface area contributed by atoms with Crippen molar-refractivity contribution in [3.8, 4) is 5.75 Å². The number of benzene rings is 1. The van der Waals surface area contributed by atoms with E-state index in [0.29, 0.717) is 28.3 Å². The van der Waals surface area contributed by atoms with Gasteiger partial charge in [-0.3, -0.25) is 4.99 Å². The van der Waals surface area contributed by atoms with Crippen LogP contribution in [0.5, 0.6) is 5.75 Å². The highest BCUT2D eigenvalue weighted by molar-refractivity contribution is 6.30. The Morgan fingerprint density at radius 1 is 1.21 bits per heavy atom. The lowest BCUT2D eigenvalue weighted by Gasteiger charge is -2.57. The maximum absolute atomic E-state index is 12.0. The number of aliphatic imine (C=N–C) groups is 1. The number of nitrogens with zero attached hydrogens (tertiary/aromatic N) is 1. The van der Waals surface area contributed by atoms with Crippen molar-refractivity contribution in [2.75, 3.05) is 0 Å². The van der Waals surface area contributed by atoms with E-state index in [1.807, 2.05) is 0 Å². The number of aliphatic carboxylic acids is 1. The minimum absolute atomic E-state index is 0.0674. The summed E-state index contributed by atoms with van der Waals surface area (Å²) in [4.78, 5) is 16.4. The van der Waals surface area contributed by atoms with E-state index in [4.69, 9.17) is 11.6 Å². The zero-order chi connectivity index (χ0) is 16.9. The van der Waals surface area contributed by atoms with Gasteiger partial charge >= 0.3 is 5.97 Å². The zero-order valence-corrected chi connectivity index (χ0v) is 14.2. The molecule has 0 amide bonds. The first-order valence-electron chi connectivity index (χ1n) is 8.70. The van der Waals surface area contributed by atoms with Crippen LogP contribution in [0.3, 0.4) is 0 Å². The van der Waals surface area contributed by atoms with Crippen molar-refractivity contribution in [1.82, 2.24) is 0 Å². The highest BCUT2D eigenvalue weighted by Crippen LogP contribution is 2.61. The van der Waals surface area contributed by atoms with Crippen LogP contribution >= 0.6 is 11.6 Å². The molecular weight excluding hydrogens is 326 g/mol. The second kappa shape index (κ2) is 5.76. The fourth-order valence-corrected chi connectivity index (χ4v) is 5.96. The molecule has 1 aromatic carbocycles. The van der Waals surface area contributed by atoms with Gasteiger partial charge in [0.05, 0.1) is 0 Å². The van der Waals surface area contributed by atoms with Gasteiger partial charge in [0, 0.05) is 22.2 Å². The van der Waals surface area contributed by atoms with E-state index in [1.165, 1.54) is 31.5 Å². The average Bonchev–Trinajstić information content (AvgIpc) is 2.49. The lowest BCUT2D eigenvalue weighted by atomic mass is 9.47. The molecule has 1 atom stereocenters. The average molecular weight is 348 g/mol. The Morgan fingerprint density at radius 2 is 1.79 bits per heavy atom. The molecule has 4 saturated carbocycles. The maximum Gasteiger partial charge on any atom is 0.328 e. The number of carboxylic acid groups (broad SMARTS) is 1. The minimum Gasteiger partial charge on any atom is -0.507 e. The summed E-state index contributed by atoms with van der Waals surface area (Å²) >= 11 is 5.96. The molecule has 1 aromatic rings. The van der Waals surface area contributed by atoms with Gasteiger partial charge in [0.15, 0.2) is 6.04 Å². The summed E-state index contributed by atoms with van der Waals surface area (Å²) in [6.07, 6.45) is 8.23. The first-order chi connectivity index (χ1) is 11.4. The first-order valence-corrected chi connectivity index (χ1v) is 9.07. The predicted molar refractivity (Wildman–Crippen MR) is 92.7 cm³/mol. The molecule has 0 aliphatic heterocycles. The van der Waals surface area contributed by atoms with Gasteiger partial charge in [0.2, 0.25) is 0 Å². The lowest BCUT2D eigenvalue weighted by Crippen LogP contribution is -2.53. The fraction of sp³-hybridized carbons (Fsp3) is 0.579. The second-order valence-electron chi connectivity index (χ2n) is 8.00. The largest absolute Gasteiger partial charge is 0.507 e. The van der Waals surface area contributed by atoms with Gasteiger partial charge in [-0.05, 0) is 74.5 Å². The number of carbonyl (C=O) groups is 1. The van der Waals surface area contributed by atoms with Crippen LogP contribution in [0.15, 0.2) is 23.2 Å². The molecule has 4 aliphatic rings. The van der Waals surface area contributed by atoms with Gasteiger partial charge in [-0.25, -0.2) is 4.79 Å². The highest BCUT2D eigenvalue weighted by Gasteiger charge is 2.56. The molecule has 4 nitrogen and oxygen atoms in total. The van der Waals surface area contributed by atoms with Gasteiger partial charge in [0.1, 0.15) is 5.75 Å². The monoisotopic (exact) mass is 347 g/mol. The molecule has 5 rings (SSSR count). The van der Waals surface area contributed by atoms with Crippen molar-refractivity contribution in [2.24, 2.45) is 28.2 Å². The molecule has 0 aromatic heterocycles. The third-order valence-electron chi connectivity index (χ3n) is 6.25. The third-order valence-corrected chi connectivity index (χ3v) is 6.49. The van der Waals surface area contributed by atoms with Crippen molar-refractivity contribution in [2.45, 2.75) is 44.6 Å². The molecule has 4 bridgehead atoms. The molecular formula is C19H22ClNO3. The molecule has 4 aliphatic carbocycles. The van der Waals surface area contributed by atoms with Crippen molar-refractivity contribution in [3.63, 3.8) is 0 Å². The summed E-state index contributed by atoms with van der Waals surface area (Å²) in [5, 5.41) is 20.3. The summed E-state index contributed by atoms with van der Waals surface area (Å²) in [6, 6.07) is 3.98. The summed E-state index contributed by atoms with van der Waals surface area (Å²) in [5.41, 5.74) is 0.268. The van der Waals surface area contributed by atoms with Crippen molar-refractivity contribution < 1.29 is 15.0 Å². The summed E-state index contributed by atoms with van der Waals surface area (Å²) in [6.45, 7) is 0. The smallest absolute Gasteiger partial charge is 0.328 e. The Balaban J connectivity index is 1.64. The Bertz CT molecular complexity index is 665. The number of phenolic OH excluding ortho intramolecular Hbond substituents is 1. The van der Waals surface area contributed by atoms with Crippen LogP contribution in [-0.2, 0) is 4.79 Å². The van der Waals surface area contributed by atoms with E-state index < -0.39 is 12.0 Å². The number of phenols is 1. The summed E-state index contributed by atoms with van der Waals surface area (Å²) in [5.74, 6) is 1.24. The molecule has 0 unspecified atom stereocenters. The Hall–Kier alpha value is -1.55. The van der Waals surface area contributed by atoms with Gasteiger partial charge in [0.25, 0.3) is 0 Å². The number of halogens is 1. The quantitative estimate of drug-likeness (QED) is 0.804. The summed E-state index contributed by atoms with van der Waals surface area (Å²) < 4.78 is 0. The number of rotatable bonds is 4. The zero-order valence-electron chi connectivity index (χ0n) is 13.5. The number of hydrogen-bond donors (Lipinski definition) is 2. The second-order valence-corrected chi connectivity index (χ2v) is 8.44. The van der Waals surface area contributed by atoms with Gasteiger partial charge in [-0.2, -0.15) is 0 Å². The van der Waals surface area contributed by atoms with Crippen molar-refractivity contribution in [3.05, 3.63) is 28.8 Å². The van der Waals surface area contributed by atoms with Crippen LogP contribution in [0, 0.1) is 23.2 Å². The standard InChI is InChI=1S/C19H22ClNO3/c20-15-1-2-16(22)14(6-15)10-21-17(18(23)24)19-7-11-3-12(8-19)5-13(4-11)9-19/h1-2,6,10-13,17,22H,3-5,7-9H2,(H,23,24)/t11?,12?,13?,17-,19?/m0/s1. The third kappa shape index (κ3) is 2.71. The van der Waals surface area contributed by atoms with E-state index in [9.17, 15) is 15.0 Å². The highest BCUT2D eigenvalue weighted by atomic mass is 35.5. The van der Waals surface area contributed by atoms with E-state index in [0.717, 1.165) is 19.3 Å². The van der Waals surface area contributed by atoms with Gasteiger partial charge in [-0.1, -0.05) is 11.6 Å². The van der Waals surface area contributed by atoms with Crippen LogP contribution in [-0.4, -0.2) is 28.4 Å². The maximum atomic E-state index is 12.0. The molecule has 5 heteroatoms. The van der Waals surface area contributed by atoms with Crippen LogP contribution < -0.4 is 0 Å². The normalized spacial score (nSPS) is 35.5. The Morgan fingerprint density at radius 3 is 2.33 bits per heavy atom. The van der Waals surface area contributed by atoms with E-state index >= 15 is 0 Å². The molecule has 0 heterocycles. The summed E-state index contributed by atoms with van der Waals surface area (Å²) in [7, 11) is 0. The number of hydrogen-bond acceptors (Lipinski definition) is 3. The SMILES string of the molecule is O=C(O)[C@H](N=Cc1cc(Cl)ccc1O)C12CC3CC(CC(C3)C1)C2. The van der Waals surface area contributed by atoms with Crippen LogP contribution in [0.25, 0.3) is 0 Å².